The Hall–Kier alpha value is -3.06. The zero-order valence-corrected chi connectivity index (χ0v) is 17.4. The molecule has 0 aliphatic heterocycles. The summed E-state index contributed by atoms with van der Waals surface area (Å²) in [6.07, 6.45) is 3.35. The predicted molar refractivity (Wildman–Crippen MR) is 113 cm³/mol. The number of carbonyl (C=O) groups excluding carboxylic acids is 1. The molecule has 1 aromatic carbocycles. The first-order valence-corrected chi connectivity index (χ1v) is 10.3. The average Bonchev–Trinajstić information content (AvgIpc) is 3.44. The maximum Gasteiger partial charge on any atom is 0.196 e. The van der Waals surface area contributed by atoms with Crippen molar-refractivity contribution in [3.8, 4) is 5.69 Å². The van der Waals surface area contributed by atoms with Crippen LogP contribution < -0.4 is 0 Å². The van der Waals surface area contributed by atoms with Gasteiger partial charge in [0.15, 0.2) is 10.9 Å². The van der Waals surface area contributed by atoms with E-state index in [1.807, 2.05) is 67.8 Å². The molecule has 0 aliphatic rings. The van der Waals surface area contributed by atoms with Gasteiger partial charge in [-0.3, -0.25) is 9.36 Å². The van der Waals surface area contributed by atoms with Crippen molar-refractivity contribution in [3.63, 3.8) is 0 Å². The third-order valence-corrected chi connectivity index (χ3v) is 5.94. The van der Waals surface area contributed by atoms with Crippen LogP contribution in [0.5, 0.6) is 0 Å². The van der Waals surface area contributed by atoms with E-state index in [9.17, 15) is 4.79 Å². The molecule has 0 unspecified atom stereocenters. The Morgan fingerprint density at radius 2 is 1.97 bits per heavy atom. The SMILES string of the molecule is Cc1ccccc1-n1cnnc1SCC(=O)c1cc(C)n(Cc2ccco2)c1C. The van der Waals surface area contributed by atoms with Gasteiger partial charge in [0.05, 0.1) is 24.2 Å². The number of hydrogen-bond donors (Lipinski definition) is 0. The second kappa shape index (κ2) is 8.13. The van der Waals surface area contributed by atoms with Crippen LogP contribution in [0.2, 0.25) is 0 Å². The van der Waals surface area contributed by atoms with Crippen LogP contribution in [0.3, 0.4) is 0 Å². The molecular weight excluding hydrogens is 384 g/mol. The molecule has 0 saturated heterocycles. The molecule has 6 nitrogen and oxygen atoms in total. The van der Waals surface area contributed by atoms with E-state index in [0.29, 0.717) is 17.5 Å². The van der Waals surface area contributed by atoms with Gasteiger partial charge in [-0.1, -0.05) is 30.0 Å². The Morgan fingerprint density at radius 1 is 1.14 bits per heavy atom. The van der Waals surface area contributed by atoms with Crippen LogP contribution in [0.4, 0.5) is 0 Å². The number of Topliss-reactive ketones (excluding diaryl/α,β-unsaturated/α-hetero) is 1. The third-order valence-electron chi connectivity index (χ3n) is 4.99. The Bertz CT molecular complexity index is 1140. The second-order valence-electron chi connectivity index (χ2n) is 6.93. The summed E-state index contributed by atoms with van der Waals surface area (Å²) in [7, 11) is 0. The van der Waals surface area contributed by atoms with Crippen molar-refractivity contribution in [1.29, 1.82) is 0 Å². The van der Waals surface area contributed by atoms with Gasteiger partial charge < -0.3 is 8.98 Å². The van der Waals surface area contributed by atoms with Crippen LogP contribution in [0.1, 0.15) is 33.1 Å². The molecule has 0 bridgehead atoms. The molecular formula is C22H22N4O2S. The van der Waals surface area contributed by atoms with E-state index < -0.39 is 0 Å². The Morgan fingerprint density at radius 3 is 2.72 bits per heavy atom. The minimum Gasteiger partial charge on any atom is -0.467 e. The minimum atomic E-state index is 0.0770. The fourth-order valence-electron chi connectivity index (χ4n) is 3.41. The van der Waals surface area contributed by atoms with E-state index in [-0.39, 0.29) is 5.78 Å². The molecule has 0 amide bonds. The standard InChI is InChI=1S/C22H22N4O2S/c1-15-7-4-5-9-20(15)26-14-23-24-22(26)29-13-21(27)19-11-16(2)25(17(19)3)12-18-8-6-10-28-18/h4-11,14H,12-13H2,1-3H3. The van der Waals surface area contributed by atoms with Crippen LogP contribution in [0, 0.1) is 20.8 Å². The number of aryl methyl sites for hydroxylation is 2. The van der Waals surface area contributed by atoms with Crippen LogP contribution in [-0.4, -0.2) is 30.9 Å². The average molecular weight is 407 g/mol. The Labute approximate surface area is 173 Å². The van der Waals surface area contributed by atoms with Crippen LogP contribution >= 0.6 is 11.8 Å². The summed E-state index contributed by atoms with van der Waals surface area (Å²) >= 11 is 1.40. The molecule has 4 rings (SSSR count). The van der Waals surface area contributed by atoms with Crippen molar-refractivity contribution < 1.29 is 9.21 Å². The van der Waals surface area contributed by atoms with Crippen molar-refractivity contribution in [2.24, 2.45) is 0 Å². The lowest BCUT2D eigenvalue weighted by molar-refractivity contribution is 0.102. The normalized spacial score (nSPS) is 11.1. The number of rotatable bonds is 7. The molecule has 29 heavy (non-hydrogen) atoms. The van der Waals surface area contributed by atoms with Crippen LogP contribution in [0.15, 0.2) is 64.6 Å². The number of furan rings is 1. The van der Waals surface area contributed by atoms with Gasteiger partial charge in [-0.05, 0) is 50.6 Å². The van der Waals surface area contributed by atoms with Crippen LogP contribution in [0.25, 0.3) is 5.69 Å². The first-order chi connectivity index (χ1) is 14.0. The van der Waals surface area contributed by atoms with E-state index in [0.717, 1.165) is 34.0 Å². The highest BCUT2D eigenvalue weighted by Gasteiger charge is 2.18. The number of thioether (sulfide) groups is 1. The number of ketones is 1. The molecule has 0 fully saturated rings. The molecule has 0 spiro atoms. The van der Waals surface area contributed by atoms with Crippen molar-refractivity contribution in [2.45, 2.75) is 32.5 Å². The second-order valence-corrected chi connectivity index (χ2v) is 7.87. The summed E-state index contributed by atoms with van der Waals surface area (Å²) < 4.78 is 9.48. The van der Waals surface area contributed by atoms with E-state index in [1.165, 1.54) is 11.8 Å². The summed E-state index contributed by atoms with van der Waals surface area (Å²) in [4.78, 5) is 12.9. The van der Waals surface area contributed by atoms with E-state index in [1.54, 1.807) is 12.6 Å². The third kappa shape index (κ3) is 3.91. The summed E-state index contributed by atoms with van der Waals surface area (Å²) in [5.41, 5.74) is 4.87. The molecule has 0 N–H and O–H groups in total. The van der Waals surface area contributed by atoms with Crippen molar-refractivity contribution >= 4 is 17.5 Å². The molecule has 148 valence electrons. The summed E-state index contributed by atoms with van der Waals surface area (Å²) in [5.74, 6) is 1.25. The van der Waals surface area contributed by atoms with E-state index >= 15 is 0 Å². The maximum atomic E-state index is 12.9. The summed E-state index contributed by atoms with van der Waals surface area (Å²) in [6, 6.07) is 13.8. The van der Waals surface area contributed by atoms with Gasteiger partial charge in [-0.15, -0.1) is 10.2 Å². The zero-order valence-electron chi connectivity index (χ0n) is 16.6. The number of hydrogen-bond acceptors (Lipinski definition) is 5. The van der Waals surface area contributed by atoms with Gasteiger partial charge in [-0.2, -0.15) is 0 Å². The molecule has 0 saturated carbocycles. The van der Waals surface area contributed by atoms with Gasteiger partial charge in [0.25, 0.3) is 0 Å². The summed E-state index contributed by atoms with van der Waals surface area (Å²) in [6.45, 7) is 6.65. The highest BCUT2D eigenvalue weighted by Crippen LogP contribution is 2.24. The Kier molecular flexibility index (Phi) is 5.40. The topological polar surface area (TPSA) is 65.8 Å². The highest BCUT2D eigenvalue weighted by molar-refractivity contribution is 7.99. The fraction of sp³-hybridized carbons (Fsp3) is 0.227. The van der Waals surface area contributed by atoms with E-state index in [2.05, 4.69) is 14.8 Å². The fourth-order valence-corrected chi connectivity index (χ4v) is 4.22. The molecule has 7 heteroatoms. The lowest BCUT2D eigenvalue weighted by atomic mass is 10.2. The number of aromatic nitrogens is 4. The molecule has 0 radical (unpaired) electrons. The lowest BCUT2D eigenvalue weighted by Crippen LogP contribution is -2.08. The van der Waals surface area contributed by atoms with Gasteiger partial charge >= 0.3 is 0 Å². The molecule has 3 heterocycles. The quantitative estimate of drug-likeness (QED) is 0.331. The van der Waals surface area contributed by atoms with Gasteiger partial charge in [0, 0.05) is 17.0 Å². The van der Waals surface area contributed by atoms with Gasteiger partial charge in [-0.25, -0.2) is 0 Å². The molecule has 0 atom stereocenters. The number of carbonyl (C=O) groups is 1. The summed E-state index contributed by atoms with van der Waals surface area (Å²) in [5, 5.41) is 8.94. The molecule has 4 aromatic rings. The number of para-hydroxylation sites is 1. The van der Waals surface area contributed by atoms with E-state index in [4.69, 9.17) is 4.42 Å². The predicted octanol–water partition coefficient (Wildman–Crippen LogP) is 4.61. The molecule has 0 aliphatic carbocycles. The minimum absolute atomic E-state index is 0.0770. The monoisotopic (exact) mass is 406 g/mol. The lowest BCUT2D eigenvalue weighted by Gasteiger charge is -2.09. The van der Waals surface area contributed by atoms with Gasteiger partial charge in [0.1, 0.15) is 12.1 Å². The van der Waals surface area contributed by atoms with Crippen molar-refractivity contribution in [2.75, 3.05) is 5.75 Å². The number of nitrogens with zero attached hydrogens (tertiary/aromatic N) is 4. The van der Waals surface area contributed by atoms with Crippen LogP contribution in [-0.2, 0) is 6.54 Å². The smallest absolute Gasteiger partial charge is 0.196 e. The van der Waals surface area contributed by atoms with Crippen molar-refractivity contribution in [3.05, 3.63) is 83.3 Å². The maximum absolute atomic E-state index is 12.9. The Balaban J connectivity index is 1.50. The first-order valence-electron chi connectivity index (χ1n) is 9.35. The van der Waals surface area contributed by atoms with Gasteiger partial charge in [0.2, 0.25) is 0 Å². The number of benzene rings is 1. The largest absolute Gasteiger partial charge is 0.467 e. The molecule has 3 aromatic heterocycles. The first kappa shape index (κ1) is 19.3. The van der Waals surface area contributed by atoms with Crippen molar-refractivity contribution in [1.82, 2.24) is 19.3 Å². The highest BCUT2D eigenvalue weighted by atomic mass is 32.2. The zero-order chi connectivity index (χ0) is 20.4.